The molecule has 3 heterocycles. The van der Waals surface area contributed by atoms with Gasteiger partial charge >= 0.3 is 5.97 Å². The van der Waals surface area contributed by atoms with Crippen LogP contribution in [-0.4, -0.2) is 45.5 Å². The van der Waals surface area contributed by atoms with Gasteiger partial charge in [0, 0.05) is 18.9 Å². The summed E-state index contributed by atoms with van der Waals surface area (Å²) in [7, 11) is 2.16. The molecule has 20 heavy (non-hydrogen) atoms. The number of carbonyl (C=O) groups is 1. The van der Waals surface area contributed by atoms with Crippen LogP contribution in [0.1, 0.15) is 28.9 Å². The van der Waals surface area contributed by atoms with E-state index in [1.54, 1.807) is 18.3 Å². The van der Waals surface area contributed by atoms with Crippen molar-refractivity contribution in [1.29, 1.82) is 0 Å². The number of aromatic carboxylic acids is 1. The Morgan fingerprint density at radius 2 is 2.30 bits per heavy atom. The third-order valence-electron chi connectivity index (χ3n) is 3.97. The second-order valence-corrected chi connectivity index (χ2v) is 5.70. The van der Waals surface area contributed by atoms with E-state index in [4.69, 9.17) is 5.11 Å². The van der Waals surface area contributed by atoms with Gasteiger partial charge in [0.2, 0.25) is 0 Å². The van der Waals surface area contributed by atoms with Crippen molar-refractivity contribution >= 4 is 11.6 Å². The van der Waals surface area contributed by atoms with Crippen LogP contribution in [0.4, 0.5) is 0 Å². The molecule has 5 nitrogen and oxygen atoms in total. The molecule has 1 aliphatic rings. The number of likely N-dealkylation sites (tertiary alicyclic amines) is 1. The normalized spacial score (nSPS) is 20.4. The van der Waals surface area contributed by atoms with E-state index in [1.807, 2.05) is 10.6 Å². The first kappa shape index (κ1) is 13.1. The average molecular weight is 273 g/mol. The highest BCUT2D eigenvalue weighted by molar-refractivity contribution is 5.87. The summed E-state index contributed by atoms with van der Waals surface area (Å²) in [5.41, 5.74) is 2.15. The minimum absolute atomic E-state index is 0.291. The molecule has 1 atom stereocenters. The van der Waals surface area contributed by atoms with Gasteiger partial charge in [0.1, 0.15) is 5.65 Å². The van der Waals surface area contributed by atoms with Crippen LogP contribution < -0.4 is 0 Å². The lowest BCUT2D eigenvalue weighted by molar-refractivity contribution is 0.0696. The highest BCUT2D eigenvalue weighted by Crippen LogP contribution is 2.20. The molecule has 1 N–H and O–H groups in total. The van der Waals surface area contributed by atoms with E-state index in [0.29, 0.717) is 11.5 Å². The topological polar surface area (TPSA) is 57.8 Å². The molecule has 0 amide bonds. The number of pyridine rings is 1. The Hall–Kier alpha value is -1.88. The van der Waals surface area contributed by atoms with Gasteiger partial charge in [0.15, 0.2) is 0 Å². The molecule has 0 bridgehead atoms. The van der Waals surface area contributed by atoms with Crippen LogP contribution in [0.5, 0.6) is 0 Å². The van der Waals surface area contributed by atoms with E-state index in [0.717, 1.165) is 24.3 Å². The van der Waals surface area contributed by atoms with Gasteiger partial charge in [-0.05, 0) is 50.9 Å². The molecule has 2 aromatic rings. The highest BCUT2D eigenvalue weighted by atomic mass is 16.4. The summed E-state index contributed by atoms with van der Waals surface area (Å²) < 4.78 is 1.81. The summed E-state index contributed by atoms with van der Waals surface area (Å²) in [4.78, 5) is 17.9. The number of carboxylic acids is 1. The largest absolute Gasteiger partial charge is 0.478 e. The molecule has 0 radical (unpaired) electrons. The standard InChI is InChI=1S/C15H19N3O2/c1-17-6-2-3-11(8-17)7-13-10-18-9-12(15(19)20)4-5-14(18)16-13/h4-5,9-11H,2-3,6-8H2,1H3,(H,19,20). The van der Waals surface area contributed by atoms with Crippen molar-refractivity contribution in [2.45, 2.75) is 19.3 Å². The fourth-order valence-electron chi connectivity index (χ4n) is 3.00. The summed E-state index contributed by atoms with van der Waals surface area (Å²) in [5, 5.41) is 9.00. The fraction of sp³-hybridized carbons (Fsp3) is 0.467. The van der Waals surface area contributed by atoms with Gasteiger partial charge in [0.05, 0.1) is 11.3 Å². The zero-order valence-electron chi connectivity index (χ0n) is 11.6. The predicted molar refractivity (Wildman–Crippen MR) is 76.1 cm³/mol. The molecule has 0 spiro atoms. The zero-order chi connectivity index (χ0) is 14.1. The molecule has 2 aromatic heterocycles. The number of carboxylic acid groups (broad SMARTS) is 1. The Morgan fingerprint density at radius 1 is 1.45 bits per heavy atom. The first-order chi connectivity index (χ1) is 9.61. The lowest BCUT2D eigenvalue weighted by atomic mass is 9.94. The molecule has 1 fully saturated rings. The minimum Gasteiger partial charge on any atom is -0.478 e. The maximum Gasteiger partial charge on any atom is 0.337 e. The van der Waals surface area contributed by atoms with Gasteiger partial charge in [-0.2, -0.15) is 0 Å². The Balaban J connectivity index is 1.80. The van der Waals surface area contributed by atoms with E-state index in [2.05, 4.69) is 16.9 Å². The van der Waals surface area contributed by atoms with Crippen LogP contribution in [0.15, 0.2) is 24.5 Å². The SMILES string of the molecule is CN1CCCC(Cc2cn3cc(C(=O)O)ccc3n2)C1. The molecule has 0 aromatic carbocycles. The van der Waals surface area contributed by atoms with Crippen molar-refractivity contribution in [1.82, 2.24) is 14.3 Å². The summed E-state index contributed by atoms with van der Waals surface area (Å²) >= 11 is 0. The lowest BCUT2D eigenvalue weighted by Crippen LogP contribution is -2.33. The smallest absolute Gasteiger partial charge is 0.337 e. The Morgan fingerprint density at radius 3 is 3.05 bits per heavy atom. The Bertz CT molecular complexity index is 635. The van der Waals surface area contributed by atoms with Gasteiger partial charge in [-0.15, -0.1) is 0 Å². The molecule has 106 valence electrons. The van der Waals surface area contributed by atoms with Gasteiger partial charge in [-0.3, -0.25) is 0 Å². The number of imidazole rings is 1. The molecule has 1 unspecified atom stereocenters. The number of fused-ring (bicyclic) bond motifs is 1. The molecule has 1 saturated heterocycles. The molecule has 0 saturated carbocycles. The Kier molecular flexibility index (Phi) is 3.44. The zero-order valence-corrected chi connectivity index (χ0v) is 11.6. The van der Waals surface area contributed by atoms with Gasteiger partial charge < -0.3 is 14.4 Å². The monoisotopic (exact) mass is 273 g/mol. The van der Waals surface area contributed by atoms with Crippen molar-refractivity contribution < 1.29 is 9.90 Å². The summed E-state index contributed by atoms with van der Waals surface area (Å²) in [6, 6.07) is 3.36. The molecular formula is C15H19N3O2. The second-order valence-electron chi connectivity index (χ2n) is 5.70. The van der Waals surface area contributed by atoms with Crippen molar-refractivity contribution in [3.63, 3.8) is 0 Å². The van der Waals surface area contributed by atoms with Crippen molar-refractivity contribution in [2.75, 3.05) is 20.1 Å². The van der Waals surface area contributed by atoms with Crippen molar-refractivity contribution in [3.8, 4) is 0 Å². The van der Waals surface area contributed by atoms with E-state index >= 15 is 0 Å². The molecule has 5 heteroatoms. The number of hydrogen-bond donors (Lipinski definition) is 1. The van der Waals surface area contributed by atoms with Gasteiger partial charge in [-0.1, -0.05) is 0 Å². The van der Waals surface area contributed by atoms with E-state index in [9.17, 15) is 4.79 Å². The average Bonchev–Trinajstić information content (AvgIpc) is 2.79. The highest BCUT2D eigenvalue weighted by Gasteiger charge is 2.18. The first-order valence-electron chi connectivity index (χ1n) is 7.01. The first-order valence-corrected chi connectivity index (χ1v) is 7.01. The van der Waals surface area contributed by atoms with Crippen LogP contribution in [0.25, 0.3) is 5.65 Å². The number of rotatable bonds is 3. The van der Waals surface area contributed by atoms with Gasteiger partial charge in [-0.25, -0.2) is 9.78 Å². The molecule has 3 rings (SSSR count). The van der Waals surface area contributed by atoms with Crippen molar-refractivity contribution in [3.05, 3.63) is 35.8 Å². The van der Waals surface area contributed by atoms with Crippen LogP contribution in [0, 0.1) is 5.92 Å². The van der Waals surface area contributed by atoms with Gasteiger partial charge in [0.25, 0.3) is 0 Å². The fourth-order valence-corrected chi connectivity index (χ4v) is 3.00. The lowest BCUT2D eigenvalue weighted by Gasteiger charge is -2.29. The molecular weight excluding hydrogens is 254 g/mol. The summed E-state index contributed by atoms with van der Waals surface area (Å²) in [6.45, 7) is 2.30. The van der Waals surface area contributed by atoms with E-state index in [-0.39, 0.29) is 0 Å². The van der Waals surface area contributed by atoms with Crippen LogP contribution in [0.3, 0.4) is 0 Å². The maximum atomic E-state index is 11.0. The third kappa shape index (κ3) is 2.67. The number of hydrogen-bond acceptors (Lipinski definition) is 3. The summed E-state index contributed by atoms with van der Waals surface area (Å²) in [6.07, 6.45) is 7.04. The number of nitrogens with zero attached hydrogens (tertiary/aromatic N) is 3. The van der Waals surface area contributed by atoms with E-state index < -0.39 is 5.97 Å². The maximum absolute atomic E-state index is 11.0. The van der Waals surface area contributed by atoms with Crippen LogP contribution in [-0.2, 0) is 6.42 Å². The molecule has 1 aliphatic heterocycles. The quantitative estimate of drug-likeness (QED) is 0.928. The second kappa shape index (κ2) is 5.25. The third-order valence-corrected chi connectivity index (χ3v) is 3.97. The predicted octanol–water partition coefficient (Wildman–Crippen LogP) is 1.92. The van der Waals surface area contributed by atoms with E-state index in [1.165, 1.54) is 19.4 Å². The summed E-state index contributed by atoms with van der Waals surface area (Å²) in [5.74, 6) is -0.256. The van der Waals surface area contributed by atoms with Crippen molar-refractivity contribution in [2.24, 2.45) is 5.92 Å². The number of piperidine rings is 1. The van der Waals surface area contributed by atoms with Crippen LogP contribution in [0.2, 0.25) is 0 Å². The number of aromatic nitrogens is 2. The minimum atomic E-state index is -0.906. The Labute approximate surface area is 117 Å². The van der Waals surface area contributed by atoms with Crippen LogP contribution >= 0.6 is 0 Å². The molecule has 0 aliphatic carbocycles.